The van der Waals surface area contributed by atoms with Crippen LogP contribution in [0.1, 0.15) is 47.1 Å². The van der Waals surface area contributed by atoms with Gasteiger partial charge >= 0.3 is 0 Å². The summed E-state index contributed by atoms with van der Waals surface area (Å²) in [5.41, 5.74) is 6.75. The SMILES string of the molecule is CCc1cc(-c2nc(-c3cc(C(=O)N4CCCC4)c(C)n3Cc3cccc(Cl)c3)cs2)ccn1. The van der Waals surface area contributed by atoms with E-state index in [2.05, 4.69) is 34.0 Å². The number of halogens is 1. The van der Waals surface area contributed by atoms with Crippen molar-refractivity contribution in [2.24, 2.45) is 0 Å². The number of hydrogen-bond donors (Lipinski definition) is 0. The average molecular weight is 491 g/mol. The third-order valence-electron chi connectivity index (χ3n) is 6.41. The van der Waals surface area contributed by atoms with Gasteiger partial charge in [0.05, 0.1) is 17.0 Å². The second-order valence-electron chi connectivity index (χ2n) is 8.67. The van der Waals surface area contributed by atoms with Crippen LogP contribution < -0.4 is 0 Å². The third kappa shape index (κ3) is 4.52. The van der Waals surface area contributed by atoms with Crippen LogP contribution in [0.5, 0.6) is 0 Å². The fraction of sp³-hybridized carbons (Fsp3) is 0.296. The number of amides is 1. The number of hydrogen-bond acceptors (Lipinski definition) is 4. The lowest BCUT2D eigenvalue weighted by Gasteiger charge is -2.15. The van der Waals surface area contributed by atoms with E-state index in [0.29, 0.717) is 11.6 Å². The zero-order valence-electron chi connectivity index (χ0n) is 19.4. The summed E-state index contributed by atoms with van der Waals surface area (Å²) in [7, 11) is 0. The number of carbonyl (C=O) groups excluding carboxylic acids is 1. The van der Waals surface area contributed by atoms with Crippen molar-refractivity contribution >= 4 is 28.8 Å². The van der Waals surface area contributed by atoms with Crippen LogP contribution in [-0.2, 0) is 13.0 Å². The van der Waals surface area contributed by atoms with E-state index in [1.54, 1.807) is 11.3 Å². The van der Waals surface area contributed by atoms with Crippen LogP contribution >= 0.6 is 22.9 Å². The van der Waals surface area contributed by atoms with Crippen LogP contribution in [0.4, 0.5) is 0 Å². The molecule has 5 rings (SSSR count). The van der Waals surface area contributed by atoms with Crippen molar-refractivity contribution in [3.63, 3.8) is 0 Å². The highest BCUT2D eigenvalue weighted by Crippen LogP contribution is 2.33. The summed E-state index contributed by atoms with van der Waals surface area (Å²) in [6, 6.07) is 14.0. The van der Waals surface area contributed by atoms with Gasteiger partial charge in [0.25, 0.3) is 5.91 Å². The van der Waals surface area contributed by atoms with Crippen LogP contribution in [0, 0.1) is 6.92 Å². The van der Waals surface area contributed by atoms with Gasteiger partial charge in [-0.25, -0.2) is 4.98 Å². The van der Waals surface area contributed by atoms with Crippen molar-refractivity contribution in [3.8, 4) is 22.0 Å². The van der Waals surface area contributed by atoms with Gasteiger partial charge in [0.2, 0.25) is 0 Å². The van der Waals surface area contributed by atoms with Gasteiger partial charge < -0.3 is 9.47 Å². The van der Waals surface area contributed by atoms with E-state index in [0.717, 1.165) is 76.8 Å². The second kappa shape index (κ2) is 9.72. The molecule has 0 aliphatic carbocycles. The lowest BCUT2D eigenvalue weighted by molar-refractivity contribution is 0.0792. The molecule has 0 bridgehead atoms. The average Bonchev–Trinajstić information content (AvgIpc) is 3.60. The molecule has 1 aliphatic rings. The van der Waals surface area contributed by atoms with E-state index in [1.807, 2.05) is 48.4 Å². The van der Waals surface area contributed by atoms with Crippen LogP contribution in [-0.4, -0.2) is 38.4 Å². The van der Waals surface area contributed by atoms with E-state index in [9.17, 15) is 4.79 Å². The first kappa shape index (κ1) is 22.8. The maximum Gasteiger partial charge on any atom is 0.255 e. The largest absolute Gasteiger partial charge is 0.339 e. The van der Waals surface area contributed by atoms with Gasteiger partial charge in [0.1, 0.15) is 5.01 Å². The summed E-state index contributed by atoms with van der Waals surface area (Å²) in [5.74, 6) is 0.110. The standard InChI is InChI=1S/C27H27ClN4OS/c1-3-22-14-20(9-10-29-22)26-30-24(17-34-26)25-15-23(27(33)31-11-4-5-12-31)18(2)32(25)16-19-7-6-8-21(28)13-19/h6-10,13-15,17H,3-5,11-12,16H2,1-2H3. The molecule has 174 valence electrons. The molecule has 7 heteroatoms. The van der Waals surface area contributed by atoms with Crippen LogP contribution in [0.2, 0.25) is 5.02 Å². The molecular weight excluding hydrogens is 464 g/mol. The zero-order valence-corrected chi connectivity index (χ0v) is 21.0. The van der Waals surface area contributed by atoms with Crippen molar-refractivity contribution in [2.75, 3.05) is 13.1 Å². The number of aromatic nitrogens is 3. The minimum atomic E-state index is 0.110. The molecule has 0 N–H and O–H groups in total. The molecule has 4 heterocycles. The molecule has 0 spiro atoms. The number of likely N-dealkylation sites (tertiary alicyclic amines) is 1. The predicted octanol–water partition coefficient (Wildman–Crippen LogP) is 6.48. The first-order chi connectivity index (χ1) is 16.5. The van der Waals surface area contributed by atoms with E-state index in [1.165, 1.54) is 0 Å². The topological polar surface area (TPSA) is 51.0 Å². The van der Waals surface area contributed by atoms with Crippen molar-refractivity contribution in [1.29, 1.82) is 0 Å². The molecule has 34 heavy (non-hydrogen) atoms. The zero-order chi connectivity index (χ0) is 23.7. The number of aryl methyl sites for hydroxylation is 1. The van der Waals surface area contributed by atoms with Gasteiger partial charge in [-0.1, -0.05) is 30.7 Å². The summed E-state index contributed by atoms with van der Waals surface area (Å²) in [5, 5.41) is 3.74. The van der Waals surface area contributed by atoms with Crippen molar-refractivity contribution in [1.82, 2.24) is 19.4 Å². The molecule has 0 saturated carbocycles. The molecule has 1 aromatic carbocycles. The maximum atomic E-state index is 13.3. The fourth-order valence-electron chi connectivity index (χ4n) is 4.51. The smallest absolute Gasteiger partial charge is 0.255 e. The monoisotopic (exact) mass is 490 g/mol. The highest BCUT2D eigenvalue weighted by molar-refractivity contribution is 7.13. The summed E-state index contributed by atoms with van der Waals surface area (Å²) >= 11 is 7.87. The van der Waals surface area contributed by atoms with Crippen molar-refractivity contribution in [2.45, 2.75) is 39.7 Å². The summed E-state index contributed by atoms with van der Waals surface area (Å²) in [6.07, 6.45) is 4.87. The van der Waals surface area contributed by atoms with E-state index in [-0.39, 0.29) is 5.91 Å². The number of pyridine rings is 1. The third-order valence-corrected chi connectivity index (χ3v) is 7.54. The Balaban J connectivity index is 1.57. The Hall–Kier alpha value is -2.96. The molecule has 1 fully saturated rings. The molecule has 0 radical (unpaired) electrons. The number of benzene rings is 1. The first-order valence-corrected chi connectivity index (χ1v) is 12.9. The van der Waals surface area contributed by atoms with E-state index < -0.39 is 0 Å². The first-order valence-electron chi connectivity index (χ1n) is 11.7. The van der Waals surface area contributed by atoms with E-state index >= 15 is 0 Å². The predicted molar refractivity (Wildman–Crippen MR) is 139 cm³/mol. The lowest BCUT2D eigenvalue weighted by Crippen LogP contribution is -2.28. The van der Waals surface area contributed by atoms with Crippen LogP contribution in [0.15, 0.2) is 54.0 Å². The molecule has 1 saturated heterocycles. The highest BCUT2D eigenvalue weighted by Gasteiger charge is 2.26. The lowest BCUT2D eigenvalue weighted by atomic mass is 10.2. The summed E-state index contributed by atoms with van der Waals surface area (Å²) in [6.45, 7) is 6.41. The van der Waals surface area contributed by atoms with Crippen molar-refractivity contribution in [3.05, 3.63) is 81.6 Å². The van der Waals surface area contributed by atoms with Gasteiger partial charge in [-0.2, -0.15) is 0 Å². The van der Waals surface area contributed by atoms with Gasteiger partial charge in [0.15, 0.2) is 0 Å². The van der Waals surface area contributed by atoms with Crippen LogP contribution in [0.25, 0.3) is 22.0 Å². The Bertz CT molecular complexity index is 1340. The molecule has 1 aliphatic heterocycles. The highest BCUT2D eigenvalue weighted by atomic mass is 35.5. The molecular formula is C27H27ClN4OS. The number of thiazole rings is 1. The van der Waals surface area contributed by atoms with Gasteiger partial charge in [-0.05, 0) is 62.1 Å². The Labute approximate surface area is 209 Å². The molecule has 4 aromatic rings. The van der Waals surface area contributed by atoms with Gasteiger partial charge in [-0.3, -0.25) is 9.78 Å². The van der Waals surface area contributed by atoms with E-state index in [4.69, 9.17) is 16.6 Å². The molecule has 1 amide bonds. The van der Waals surface area contributed by atoms with Gasteiger partial charge in [0, 0.05) is 53.2 Å². The number of nitrogens with zero attached hydrogens (tertiary/aromatic N) is 4. The normalized spacial score (nSPS) is 13.6. The minimum Gasteiger partial charge on any atom is -0.339 e. The molecule has 3 aromatic heterocycles. The van der Waals surface area contributed by atoms with Gasteiger partial charge in [-0.15, -0.1) is 11.3 Å². The second-order valence-corrected chi connectivity index (χ2v) is 9.97. The summed E-state index contributed by atoms with van der Waals surface area (Å²) < 4.78 is 2.19. The Kier molecular flexibility index (Phi) is 6.53. The van der Waals surface area contributed by atoms with Crippen molar-refractivity contribution < 1.29 is 4.79 Å². The van der Waals surface area contributed by atoms with Crippen LogP contribution in [0.3, 0.4) is 0 Å². The Morgan fingerprint density at radius 1 is 1.15 bits per heavy atom. The molecule has 5 nitrogen and oxygen atoms in total. The maximum absolute atomic E-state index is 13.3. The minimum absolute atomic E-state index is 0.110. The fourth-order valence-corrected chi connectivity index (χ4v) is 5.54. The quantitative estimate of drug-likeness (QED) is 0.310. The summed E-state index contributed by atoms with van der Waals surface area (Å²) in [4.78, 5) is 24.7. The Morgan fingerprint density at radius 2 is 1.97 bits per heavy atom. The number of carbonyl (C=O) groups is 1. The Morgan fingerprint density at radius 3 is 2.74 bits per heavy atom. The molecule has 0 unspecified atom stereocenters. The number of rotatable bonds is 6. The molecule has 0 atom stereocenters.